The summed E-state index contributed by atoms with van der Waals surface area (Å²) < 4.78 is 7.07. The van der Waals surface area contributed by atoms with Crippen molar-refractivity contribution in [3.05, 3.63) is 24.5 Å². The fourth-order valence-electron chi connectivity index (χ4n) is 4.10. The predicted molar refractivity (Wildman–Crippen MR) is 130 cm³/mol. The molecule has 2 N–H and O–H groups in total. The number of aliphatic hydroxyl groups is 1. The second kappa shape index (κ2) is 9.46. The quantitative estimate of drug-likeness (QED) is 0.690. The molecule has 1 aliphatic heterocycles. The van der Waals surface area contributed by atoms with E-state index < -0.39 is 11.7 Å². The van der Waals surface area contributed by atoms with Gasteiger partial charge in [0.2, 0.25) is 11.8 Å². The minimum atomic E-state index is -0.963. The van der Waals surface area contributed by atoms with Crippen LogP contribution in [0.1, 0.15) is 48.5 Å². The van der Waals surface area contributed by atoms with Crippen LogP contribution in [-0.2, 0) is 20.9 Å². The molecule has 10 nitrogen and oxygen atoms in total. The van der Waals surface area contributed by atoms with Crippen LogP contribution in [0.5, 0.6) is 0 Å². The Balaban J connectivity index is 2.20. The number of carbonyl (C=O) groups excluding carboxylic acids is 3. The van der Waals surface area contributed by atoms with Crippen LogP contribution < -0.4 is 15.1 Å². The topological polar surface area (TPSA) is 117 Å². The van der Waals surface area contributed by atoms with E-state index in [1.807, 2.05) is 6.92 Å². The first-order valence-corrected chi connectivity index (χ1v) is 11.3. The van der Waals surface area contributed by atoms with Crippen molar-refractivity contribution >= 4 is 35.0 Å². The lowest BCUT2D eigenvalue weighted by Crippen LogP contribution is -2.51. The van der Waals surface area contributed by atoms with Crippen LogP contribution >= 0.6 is 0 Å². The first-order chi connectivity index (χ1) is 15.8. The third-order valence-corrected chi connectivity index (χ3v) is 5.25. The van der Waals surface area contributed by atoms with Gasteiger partial charge in [-0.15, -0.1) is 0 Å². The van der Waals surface area contributed by atoms with Gasteiger partial charge in [-0.05, 0) is 46.8 Å². The molecule has 2 aromatic rings. The van der Waals surface area contributed by atoms with Crippen molar-refractivity contribution in [2.75, 3.05) is 21.7 Å². The Morgan fingerprint density at radius 3 is 2.47 bits per heavy atom. The van der Waals surface area contributed by atoms with Gasteiger partial charge in [0.15, 0.2) is 0 Å². The van der Waals surface area contributed by atoms with Gasteiger partial charge in [0.05, 0.1) is 47.6 Å². The molecule has 0 spiro atoms. The average molecular weight is 472 g/mol. The SMILES string of the molecule is CC(=O)Nc1cc2c(cc1-c1cnn(CC(C)(C)O)c1)N(C(=O)OC(C)C)CC(C)N2C(C)=O. The van der Waals surface area contributed by atoms with Crippen molar-refractivity contribution in [2.24, 2.45) is 0 Å². The van der Waals surface area contributed by atoms with E-state index in [9.17, 15) is 19.5 Å². The summed E-state index contributed by atoms with van der Waals surface area (Å²) in [6.45, 7) is 12.2. The molecule has 0 saturated heterocycles. The summed E-state index contributed by atoms with van der Waals surface area (Å²) in [6, 6.07) is 3.16. The van der Waals surface area contributed by atoms with E-state index in [0.717, 1.165) is 0 Å². The Hall–Kier alpha value is -3.40. The monoisotopic (exact) mass is 471 g/mol. The number of aromatic nitrogens is 2. The number of anilines is 3. The highest BCUT2D eigenvalue weighted by atomic mass is 16.6. The summed E-state index contributed by atoms with van der Waals surface area (Å²) in [6.07, 6.45) is 2.57. The zero-order valence-corrected chi connectivity index (χ0v) is 20.7. The van der Waals surface area contributed by atoms with Crippen LogP contribution in [0.25, 0.3) is 11.1 Å². The first-order valence-electron chi connectivity index (χ1n) is 11.3. The molecule has 34 heavy (non-hydrogen) atoms. The van der Waals surface area contributed by atoms with Gasteiger partial charge in [-0.1, -0.05) is 0 Å². The maximum Gasteiger partial charge on any atom is 0.414 e. The van der Waals surface area contributed by atoms with Crippen LogP contribution in [0.4, 0.5) is 21.9 Å². The lowest BCUT2D eigenvalue weighted by molar-refractivity contribution is -0.117. The van der Waals surface area contributed by atoms with Crippen molar-refractivity contribution in [1.82, 2.24) is 9.78 Å². The molecule has 0 saturated carbocycles. The van der Waals surface area contributed by atoms with Gasteiger partial charge in [-0.2, -0.15) is 5.10 Å². The molecule has 3 rings (SSSR count). The Labute approximate surface area is 199 Å². The van der Waals surface area contributed by atoms with Crippen LogP contribution in [-0.4, -0.2) is 57.1 Å². The molecule has 0 aliphatic carbocycles. The molecule has 3 amide bonds. The summed E-state index contributed by atoms with van der Waals surface area (Å²) in [5, 5.41) is 17.3. The summed E-state index contributed by atoms with van der Waals surface area (Å²) in [4.78, 5) is 40.6. The van der Waals surface area contributed by atoms with Gasteiger partial charge in [0, 0.05) is 37.7 Å². The Bertz CT molecular complexity index is 1100. The molecule has 2 heterocycles. The highest BCUT2D eigenvalue weighted by molar-refractivity contribution is 6.06. The molecular weight excluding hydrogens is 438 g/mol. The molecule has 0 fully saturated rings. The van der Waals surface area contributed by atoms with Crippen LogP contribution in [0.3, 0.4) is 0 Å². The fourth-order valence-corrected chi connectivity index (χ4v) is 4.10. The Morgan fingerprint density at radius 2 is 1.91 bits per heavy atom. The van der Waals surface area contributed by atoms with Gasteiger partial charge in [-0.3, -0.25) is 19.2 Å². The Morgan fingerprint density at radius 1 is 1.24 bits per heavy atom. The molecule has 10 heteroatoms. The lowest BCUT2D eigenvalue weighted by atomic mass is 10.00. The first kappa shape index (κ1) is 25.2. The zero-order chi connectivity index (χ0) is 25.4. The molecule has 184 valence electrons. The number of ether oxygens (including phenoxy) is 1. The van der Waals surface area contributed by atoms with E-state index in [1.54, 1.807) is 61.8 Å². The van der Waals surface area contributed by atoms with E-state index in [4.69, 9.17) is 4.74 Å². The van der Waals surface area contributed by atoms with E-state index in [1.165, 1.54) is 18.7 Å². The molecule has 1 aromatic carbocycles. The van der Waals surface area contributed by atoms with Gasteiger partial charge in [0.1, 0.15) is 0 Å². The largest absolute Gasteiger partial charge is 0.446 e. The number of nitrogens with one attached hydrogen (secondary N) is 1. The molecule has 1 aromatic heterocycles. The van der Waals surface area contributed by atoms with Crippen molar-refractivity contribution in [3.63, 3.8) is 0 Å². The number of rotatable bonds is 5. The lowest BCUT2D eigenvalue weighted by Gasteiger charge is -2.41. The average Bonchev–Trinajstić information content (AvgIpc) is 3.11. The van der Waals surface area contributed by atoms with Crippen LogP contribution in [0.2, 0.25) is 0 Å². The number of nitrogens with zero attached hydrogens (tertiary/aromatic N) is 4. The minimum absolute atomic E-state index is 0.176. The third kappa shape index (κ3) is 5.56. The van der Waals surface area contributed by atoms with E-state index in [2.05, 4.69) is 10.4 Å². The highest BCUT2D eigenvalue weighted by Crippen LogP contribution is 2.43. The number of hydrogen-bond acceptors (Lipinski definition) is 6. The molecule has 1 unspecified atom stereocenters. The van der Waals surface area contributed by atoms with Crippen LogP contribution in [0.15, 0.2) is 24.5 Å². The molecule has 0 bridgehead atoms. The fraction of sp³-hybridized carbons (Fsp3) is 0.500. The number of hydrogen-bond donors (Lipinski definition) is 2. The molecule has 1 atom stereocenters. The summed E-state index contributed by atoms with van der Waals surface area (Å²) in [7, 11) is 0. The van der Waals surface area contributed by atoms with Gasteiger partial charge in [-0.25, -0.2) is 4.79 Å². The normalized spacial score (nSPS) is 15.9. The van der Waals surface area contributed by atoms with Crippen molar-refractivity contribution in [2.45, 2.75) is 72.8 Å². The smallest absolute Gasteiger partial charge is 0.414 e. The van der Waals surface area contributed by atoms with Crippen molar-refractivity contribution in [1.29, 1.82) is 0 Å². The maximum atomic E-state index is 13.0. The van der Waals surface area contributed by atoms with Crippen LogP contribution in [0, 0.1) is 0 Å². The number of carbonyl (C=O) groups is 3. The highest BCUT2D eigenvalue weighted by Gasteiger charge is 2.36. The molecule has 0 radical (unpaired) electrons. The van der Waals surface area contributed by atoms with Gasteiger partial charge < -0.3 is 20.1 Å². The van der Waals surface area contributed by atoms with Crippen molar-refractivity contribution < 1.29 is 24.2 Å². The Kier molecular flexibility index (Phi) is 7.02. The van der Waals surface area contributed by atoms with Crippen molar-refractivity contribution in [3.8, 4) is 11.1 Å². The maximum absolute atomic E-state index is 13.0. The minimum Gasteiger partial charge on any atom is -0.446 e. The van der Waals surface area contributed by atoms with E-state index >= 15 is 0 Å². The summed E-state index contributed by atoms with van der Waals surface area (Å²) >= 11 is 0. The summed E-state index contributed by atoms with van der Waals surface area (Å²) in [5.74, 6) is -0.454. The summed E-state index contributed by atoms with van der Waals surface area (Å²) in [5.41, 5.74) is 1.82. The van der Waals surface area contributed by atoms with Gasteiger partial charge in [0.25, 0.3) is 0 Å². The van der Waals surface area contributed by atoms with E-state index in [-0.39, 0.29) is 37.0 Å². The zero-order valence-electron chi connectivity index (χ0n) is 20.7. The standard InChI is InChI=1S/C24H33N5O5/c1-14(2)34-23(32)28-11-15(3)29(17(5)31)22-9-20(26-16(4)30)19(8-21(22)28)18-10-25-27(12-18)13-24(6,7)33/h8-10,12,14-15,33H,11,13H2,1-7H3,(H,26,30). The second-order valence-electron chi connectivity index (χ2n) is 9.59. The predicted octanol–water partition coefficient (Wildman–Crippen LogP) is 3.39. The molecular formula is C24H33N5O5. The van der Waals surface area contributed by atoms with E-state index in [0.29, 0.717) is 28.2 Å². The number of fused-ring (bicyclic) bond motifs is 1. The number of amides is 3. The van der Waals surface area contributed by atoms with Gasteiger partial charge >= 0.3 is 6.09 Å². The third-order valence-electron chi connectivity index (χ3n) is 5.25. The second-order valence-corrected chi connectivity index (χ2v) is 9.59. The molecule has 1 aliphatic rings. The number of benzene rings is 1.